The average molecular weight is 642 g/mol. The molecule has 1 saturated heterocycles. The van der Waals surface area contributed by atoms with Crippen LogP contribution in [0.3, 0.4) is 0 Å². The number of aromatic nitrogens is 1. The molecule has 2 aliphatic heterocycles. The number of hydrogen-bond acceptors (Lipinski definition) is 8. The number of thioether (sulfide) groups is 1. The van der Waals surface area contributed by atoms with Gasteiger partial charge in [0.2, 0.25) is 11.8 Å². The fraction of sp³-hybridized carbons (Fsp3) is 0.200. The highest BCUT2D eigenvalue weighted by Crippen LogP contribution is 2.54. The van der Waals surface area contributed by atoms with E-state index in [9.17, 15) is 19.2 Å². The Labute approximate surface area is 258 Å². The number of hydrogen-bond donors (Lipinski definition) is 1. The molecule has 3 atom stereocenters. The fourth-order valence-corrected chi connectivity index (χ4v) is 8.02. The van der Waals surface area contributed by atoms with E-state index in [2.05, 4.69) is 4.98 Å². The molecule has 2 unspecified atom stereocenters. The van der Waals surface area contributed by atoms with Gasteiger partial charge in [0.15, 0.2) is 0 Å². The first-order valence-corrected chi connectivity index (χ1v) is 15.4. The highest BCUT2D eigenvalue weighted by molar-refractivity contribution is 8.00. The number of carbonyl (C=O) groups is 3. The summed E-state index contributed by atoms with van der Waals surface area (Å²) in [4.78, 5) is 56.9. The van der Waals surface area contributed by atoms with Crippen LogP contribution in [0.5, 0.6) is 5.75 Å². The number of H-pyrrole nitrogens is 1. The number of imide groups is 1. The Morgan fingerprint density at radius 2 is 1.67 bits per heavy atom. The van der Waals surface area contributed by atoms with Gasteiger partial charge in [0.25, 0.3) is 0 Å². The molecule has 214 valence electrons. The van der Waals surface area contributed by atoms with Crippen molar-refractivity contribution >= 4 is 69.8 Å². The maximum atomic E-state index is 14.1. The first-order chi connectivity index (χ1) is 20.2. The highest BCUT2D eigenvalue weighted by atomic mass is 35.5. The molecule has 6 rings (SSSR count). The summed E-state index contributed by atoms with van der Waals surface area (Å²) in [5.74, 6) is -2.34. The van der Waals surface area contributed by atoms with E-state index in [1.165, 1.54) is 23.9 Å². The van der Waals surface area contributed by atoms with Gasteiger partial charge >= 0.3 is 10.8 Å². The molecule has 12 heteroatoms. The third-order valence-corrected chi connectivity index (χ3v) is 9.96. The molecule has 42 heavy (non-hydrogen) atoms. The van der Waals surface area contributed by atoms with Gasteiger partial charge in [-0.2, -0.15) is 0 Å². The molecule has 8 nitrogen and oxygen atoms in total. The number of thiazole rings is 1. The maximum absolute atomic E-state index is 14.1. The van der Waals surface area contributed by atoms with Crippen molar-refractivity contribution in [2.45, 2.75) is 29.7 Å². The van der Waals surface area contributed by atoms with Crippen LogP contribution in [0.2, 0.25) is 10.0 Å². The Morgan fingerprint density at radius 3 is 2.38 bits per heavy atom. The second kappa shape index (κ2) is 11.6. The summed E-state index contributed by atoms with van der Waals surface area (Å²) in [6.45, 7) is 2.17. The Bertz CT molecular complexity index is 1750. The number of benzene rings is 3. The van der Waals surface area contributed by atoms with Gasteiger partial charge in [-0.3, -0.25) is 14.4 Å². The van der Waals surface area contributed by atoms with E-state index >= 15 is 0 Å². The van der Waals surface area contributed by atoms with Gasteiger partial charge in [0, 0.05) is 26.4 Å². The first kappa shape index (κ1) is 28.5. The molecule has 4 aromatic rings. The van der Waals surface area contributed by atoms with E-state index in [-0.39, 0.29) is 18.1 Å². The molecular weight excluding hydrogens is 619 g/mol. The number of nitrogens with one attached hydrogen (secondary N) is 1. The molecule has 0 radical (unpaired) electrons. The van der Waals surface area contributed by atoms with E-state index < -0.39 is 34.9 Å². The molecular formula is C30H22Cl2N2O6S2. The lowest BCUT2D eigenvalue weighted by Gasteiger charge is -2.31. The minimum Gasteiger partial charge on any atom is -0.489 e. The van der Waals surface area contributed by atoms with Gasteiger partial charge in [-0.05, 0) is 67.1 Å². The molecule has 0 aliphatic carbocycles. The summed E-state index contributed by atoms with van der Waals surface area (Å²) < 4.78 is 11.3. The van der Waals surface area contributed by atoms with Gasteiger partial charge < -0.3 is 14.5 Å². The van der Waals surface area contributed by atoms with Gasteiger partial charge in [0.1, 0.15) is 17.6 Å². The van der Waals surface area contributed by atoms with Gasteiger partial charge in [-0.15, -0.1) is 0 Å². The second-order valence-electron chi connectivity index (χ2n) is 9.63. The third-order valence-electron chi connectivity index (χ3n) is 7.08. The summed E-state index contributed by atoms with van der Waals surface area (Å²) in [6.07, 6.45) is 0. The summed E-state index contributed by atoms with van der Waals surface area (Å²) in [6, 6.07) is 18.5. The Hall–Kier alpha value is -3.57. The molecule has 1 fully saturated rings. The molecule has 0 saturated carbocycles. The number of ether oxygens (including phenoxy) is 2. The quantitative estimate of drug-likeness (QED) is 0.187. The molecule has 0 spiro atoms. The fourth-order valence-electron chi connectivity index (χ4n) is 5.20. The van der Waals surface area contributed by atoms with Crippen LogP contribution in [0, 0.1) is 5.92 Å². The summed E-state index contributed by atoms with van der Waals surface area (Å²) >= 11 is 14.7. The molecule has 3 aromatic carbocycles. The zero-order chi connectivity index (χ0) is 29.5. The van der Waals surface area contributed by atoms with Crippen LogP contribution in [0.1, 0.15) is 39.2 Å². The van der Waals surface area contributed by atoms with Crippen molar-refractivity contribution in [3.63, 3.8) is 0 Å². The number of aromatic amines is 1. The number of halogens is 2. The number of fused-ring (bicyclic) bond motifs is 2. The van der Waals surface area contributed by atoms with E-state index in [0.717, 1.165) is 21.8 Å². The number of esters is 1. The topological polar surface area (TPSA) is 106 Å². The SMILES string of the molecule is CCOC(=O)c1ccc(N2C(=O)C3Sc4[nH]c(=O)sc4[C@H](c4cc(Cl)ccc4OCc4ccc(Cl)cc4)C3C2=O)cc1. The van der Waals surface area contributed by atoms with Crippen molar-refractivity contribution in [1.82, 2.24) is 4.98 Å². The van der Waals surface area contributed by atoms with E-state index in [1.54, 1.807) is 49.4 Å². The van der Waals surface area contributed by atoms with Crippen molar-refractivity contribution in [3.05, 3.63) is 108 Å². The standard InChI is InChI=1S/C30H22Cl2N2O6S2/c1-2-39-29(37)16-5-10-19(11-6-16)34-27(35)23-22(24-26(33-30(38)42-24)41-25(23)28(34)36)20-13-18(32)9-12-21(20)40-14-15-3-7-17(31)8-4-15/h3-13,22-23,25H,2,14H2,1H3,(H,33,38)/t22-,23?,25?/m1/s1. The predicted molar refractivity (Wildman–Crippen MR) is 162 cm³/mol. The van der Waals surface area contributed by atoms with Crippen LogP contribution in [0.4, 0.5) is 5.69 Å². The Kier molecular flexibility index (Phi) is 7.89. The van der Waals surface area contributed by atoms with Gasteiger partial charge in [0.05, 0.1) is 28.8 Å². The Morgan fingerprint density at radius 1 is 0.952 bits per heavy atom. The van der Waals surface area contributed by atoms with Crippen molar-refractivity contribution in [2.24, 2.45) is 5.92 Å². The molecule has 1 aromatic heterocycles. The lowest BCUT2D eigenvalue weighted by Crippen LogP contribution is -2.32. The van der Waals surface area contributed by atoms with Crippen LogP contribution in [-0.4, -0.2) is 34.6 Å². The number of nitrogens with zero attached hydrogens (tertiary/aromatic N) is 1. The summed E-state index contributed by atoms with van der Waals surface area (Å²) in [5.41, 5.74) is 2.14. The zero-order valence-electron chi connectivity index (χ0n) is 22.0. The number of amides is 2. The van der Waals surface area contributed by atoms with Crippen molar-refractivity contribution in [2.75, 3.05) is 11.5 Å². The van der Waals surface area contributed by atoms with E-state index in [1.807, 2.05) is 12.1 Å². The average Bonchev–Trinajstić information content (AvgIpc) is 3.47. The zero-order valence-corrected chi connectivity index (χ0v) is 25.1. The summed E-state index contributed by atoms with van der Waals surface area (Å²) in [7, 11) is 0. The lowest BCUT2D eigenvalue weighted by atomic mass is 9.82. The van der Waals surface area contributed by atoms with Gasteiger partial charge in [-0.25, -0.2) is 9.69 Å². The van der Waals surface area contributed by atoms with E-state index in [4.69, 9.17) is 32.7 Å². The minimum atomic E-state index is -0.831. The Balaban J connectivity index is 1.39. The van der Waals surface area contributed by atoms with Crippen molar-refractivity contribution in [1.29, 1.82) is 0 Å². The number of carbonyl (C=O) groups excluding carboxylic acids is 3. The highest BCUT2D eigenvalue weighted by Gasteiger charge is 2.56. The van der Waals surface area contributed by atoms with Crippen molar-refractivity contribution in [3.8, 4) is 5.75 Å². The first-order valence-electron chi connectivity index (χ1n) is 13.0. The molecule has 0 bridgehead atoms. The predicted octanol–water partition coefficient (Wildman–Crippen LogP) is 6.29. The maximum Gasteiger partial charge on any atom is 0.338 e. The minimum absolute atomic E-state index is 0.226. The second-order valence-corrected chi connectivity index (χ2v) is 12.7. The normalized spacial score (nSPS) is 19.4. The van der Waals surface area contributed by atoms with Gasteiger partial charge in [-0.1, -0.05) is 58.4 Å². The molecule has 2 aliphatic rings. The van der Waals surface area contributed by atoms with Crippen LogP contribution in [-0.2, 0) is 20.9 Å². The lowest BCUT2D eigenvalue weighted by molar-refractivity contribution is -0.122. The third kappa shape index (κ3) is 5.24. The van der Waals surface area contributed by atoms with Crippen molar-refractivity contribution < 1.29 is 23.9 Å². The number of anilines is 1. The van der Waals surface area contributed by atoms with Crippen LogP contribution < -0.4 is 14.5 Å². The summed E-state index contributed by atoms with van der Waals surface area (Å²) in [5, 5.41) is 0.774. The largest absolute Gasteiger partial charge is 0.489 e. The van der Waals surface area contributed by atoms with E-state index in [0.29, 0.717) is 42.5 Å². The van der Waals surface area contributed by atoms with Crippen LogP contribution in [0.25, 0.3) is 0 Å². The monoisotopic (exact) mass is 640 g/mol. The van der Waals surface area contributed by atoms with Crippen LogP contribution in [0.15, 0.2) is 76.6 Å². The molecule has 3 heterocycles. The smallest absolute Gasteiger partial charge is 0.338 e. The molecule has 2 amide bonds. The van der Waals surface area contributed by atoms with Crippen LogP contribution >= 0.6 is 46.3 Å². The number of rotatable bonds is 7. The molecule has 1 N–H and O–H groups in total.